The van der Waals surface area contributed by atoms with Gasteiger partial charge in [-0.3, -0.25) is 0 Å². The highest BCUT2D eigenvalue weighted by Gasteiger charge is 2.10. The van der Waals surface area contributed by atoms with E-state index in [-0.39, 0.29) is 5.54 Å². The maximum Gasteiger partial charge on any atom is 0.141 e. The van der Waals surface area contributed by atoms with Crippen LogP contribution in [0.1, 0.15) is 26.3 Å². The summed E-state index contributed by atoms with van der Waals surface area (Å²) < 4.78 is 8.06. The molecule has 0 saturated heterocycles. The van der Waals surface area contributed by atoms with E-state index in [9.17, 15) is 0 Å². The summed E-state index contributed by atoms with van der Waals surface area (Å²) in [7, 11) is 0. The molecule has 0 radical (unpaired) electrons. The summed E-state index contributed by atoms with van der Waals surface area (Å²) in [4.78, 5) is 0. The Morgan fingerprint density at radius 3 is 2.33 bits per heavy atom. The summed E-state index contributed by atoms with van der Waals surface area (Å²) in [5.74, 6) is 1.67. The fourth-order valence-corrected chi connectivity index (χ4v) is 2.60. The number of hydrogen-bond donors (Lipinski definition) is 1. The number of ether oxygens (including phenoxy) is 1. The predicted octanol–water partition coefficient (Wildman–Crippen LogP) is 5.73. The zero-order chi connectivity index (χ0) is 15.5. The lowest BCUT2D eigenvalue weighted by Gasteiger charge is -2.20. The van der Waals surface area contributed by atoms with E-state index in [2.05, 4.69) is 76.7 Å². The van der Waals surface area contributed by atoms with Crippen LogP contribution in [-0.2, 0) is 6.54 Å². The molecule has 112 valence electrons. The van der Waals surface area contributed by atoms with E-state index in [1.54, 1.807) is 0 Å². The van der Waals surface area contributed by atoms with Crippen molar-refractivity contribution in [2.75, 3.05) is 0 Å². The molecule has 0 unspecified atom stereocenters. The van der Waals surface area contributed by atoms with Crippen LogP contribution in [0.2, 0.25) is 0 Å². The van der Waals surface area contributed by atoms with Crippen LogP contribution in [-0.4, -0.2) is 5.54 Å². The van der Waals surface area contributed by atoms with Gasteiger partial charge in [-0.05, 0) is 101 Å². The molecule has 2 aromatic carbocycles. The van der Waals surface area contributed by atoms with E-state index in [1.807, 2.05) is 30.3 Å². The molecular formula is C17H19BrINO. The van der Waals surface area contributed by atoms with E-state index >= 15 is 0 Å². The first kappa shape index (κ1) is 16.8. The number of hydrogen-bond acceptors (Lipinski definition) is 2. The average molecular weight is 460 g/mol. The van der Waals surface area contributed by atoms with Crippen LogP contribution >= 0.6 is 38.5 Å². The van der Waals surface area contributed by atoms with Gasteiger partial charge in [-0.1, -0.05) is 6.07 Å². The largest absolute Gasteiger partial charge is 0.456 e. The van der Waals surface area contributed by atoms with Gasteiger partial charge in [0, 0.05) is 15.7 Å². The third-order valence-corrected chi connectivity index (χ3v) is 4.20. The van der Waals surface area contributed by atoms with Crippen molar-refractivity contribution in [3.63, 3.8) is 0 Å². The molecule has 0 fully saturated rings. The predicted molar refractivity (Wildman–Crippen MR) is 100.0 cm³/mol. The molecule has 0 heterocycles. The Labute approximate surface area is 148 Å². The third kappa shape index (κ3) is 5.60. The van der Waals surface area contributed by atoms with Crippen molar-refractivity contribution in [1.82, 2.24) is 5.32 Å². The maximum absolute atomic E-state index is 5.89. The van der Waals surface area contributed by atoms with Gasteiger partial charge in [-0.25, -0.2) is 0 Å². The van der Waals surface area contributed by atoms with Gasteiger partial charge in [0.05, 0.1) is 4.47 Å². The molecule has 0 spiro atoms. The Balaban J connectivity index is 2.07. The number of halogens is 2. The van der Waals surface area contributed by atoms with Gasteiger partial charge in [-0.15, -0.1) is 0 Å². The average Bonchev–Trinajstić information content (AvgIpc) is 2.41. The van der Waals surface area contributed by atoms with Gasteiger partial charge in [0.2, 0.25) is 0 Å². The fraction of sp³-hybridized carbons (Fsp3) is 0.294. The highest BCUT2D eigenvalue weighted by Crippen LogP contribution is 2.30. The van der Waals surface area contributed by atoms with Crippen LogP contribution in [0.25, 0.3) is 0 Å². The summed E-state index contributed by atoms with van der Waals surface area (Å²) in [6.07, 6.45) is 0. The second kappa shape index (κ2) is 7.11. The molecule has 0 saturated carbocycles. The zero-order valence-electron chi connectivity index (χ0n) is 12.4. The third-order valence-electron chi connectivity index (χ3n) is 2.86. The van der Waals surface area contributed by atoms with Crippen molar-refractivity contribution in [3.05, 3.63) is 56.1 Å². The number of nitrogens with one attached hydrogen (secondary N) is 1. The molecular weight excluding hydrogens is 441 g/mol. The van der Waals surface area contributed by atoms with E-state index < -0.39 is 0 Å². The quantitative estimate of drug-likeness (QED) is 0.589. The zero-order valence-corrected chi connectivity index (χ0v) is 16.2. The van der Waals surface area contributed by atoms with Crippen molar-refractivity contribution in [3.8, 4) is 11.5 Å². The minimum absolute atomic E-state index is 0.114. The second-order valence-corrected chi connectivity index (χ2v) is 8.02. The summed E-state index contributed by atoms with van der Waals surface area (Å²) >= 11 is 5.87. The molecule has 0 aromatic heterocycles. The standard InChI is InChI=1S/C17H19BrINO/c1-17(2,3)20-11-12-4-9-16(15(18)10-12)21-14-7-5-13(19)6-8-14/h4-10,20H,11H2,1-3H3. The lowest BCUT2D eigenvalue weighted by molar-refractivity contribution is 0.424. The molecule has 0 amide bonds. The van der Waals surface area contributed by atoms with Crippen LogP contribution in [0.5, 0.6) is 11.5 Å². The molecule has 0 aliphatic carbocycles. The Bertz CT molecular complexity index is 605. The second-order valence-electron chi connectivity index (χ2n) is 5.92. The number of rotatable bonds is 4. The first-order valence-electron chi connectivity index (χ1n) is 6.80. The van der Waals surface area contributed by atoms with Gasteiger partial charge in [0.1, 0.15) is 11.5 Å². The van der Waals surface area contributed by atoms with Crippen LogP contribution in [0, 0.1) is 3.57 Å². The molecule has 2 aromatic rings. The van der Waals surface area contributed by atoms with Gasteiger partial charge >= 0.3 is 0 Å². The highest BCUT2D eigenvalue weighted by molar-refractivity contribution is 14.1. The maximum atomic E-state index is 5.89. The minimum atomic E-state index is 0.114. The summed E-state index contributed by atoms with van der Waals surface area (Å²) in [5, 5.41) is 3.48. The Morgan fingerprint density at radius 2 is 1.76 bits per heavy atom. The Kier molecular flexibility index (Phi) is 5.68. The summed E-state index contributed by atoms with van der Waals surface area (Å²) in [6, 6.07) is 14.2. The van der Waals surface area contributed by atoms with E-state index in [0.717, 1.165) is 22.5 Å². The first-order valence-corrected chi connectivity index (χ1v) is 8.67. The van der Waals surface area contributed by atoms with Crippen LogP contribution in [0.4, 0.5) is 0 Å². The molecule has 0 aliphatic rings. The smallest absolute Gasteiger partial charge is 0.141 e. The molecule has 0 aliphatic heterocycles. The van der Waals surface area contributed by atoms with Crippen LogP contribution < -0.4 is 10.1 Å². The SMILES string of the molecule is CC(C)(C)NCc1ccc(Oc2ccc(I)cc2)c(Br)c1. The monoisotopic (exact) mass is 459 g/mol. The molecule has 2 rings (SSSR count). The normalized spacial score (nSPS) is 11.5. The number of benzene rings is 2. The minimum Gasteiger partial charge on any atom is -0.456 e. The van der Waals surface area contributed by atoms with Crippen LogP contribution in [0.3, 0.4) is 0 Å². The first-order chi connectivity index (χ1) is 9.83. The lowest BCUT2D eigenvalue weighted by Crippen LogP contribution is -2.35. The van der Waals surface area contributed by atoms with Crippen molar-refractivity contribution in [2.24, 2.45) is 0 Å². The van der Waals surface area contributed by atoms with E-state index in [1.165, 1.54) is 9.13 Å². The Morgan fingerprint density at radius 1 is 1.10 bits per heavy atom. The lowest BCUT2D eigenvalue weighted by atomic mass is 10.1. The van der Waals surface area contributed by atoms with Crippen molar-refractivity contribution >= 4 is 38.5 Å². The fourth-order valence-electron chi connectivity index (χ4n) is 1.73. The van der Waals surface area contributed by atoms with E-state index in [0.29, 0.717) is 0 Å². The highest BCUT2D eigenvalue weighted by atomic mass is 127. The molecule has 21 heavy (non-hydrogen) atoms. The molecule has 0 atom stereocenters. The summed E-state index contributed by atoms with van der Waals surface area (Å²) in [6.45, 7) is 7.33. The summed E-state index contributed by atoms with van der Waals surface area (Å²) in [5.41, 5.74) is 1.34. The topological polar surface area (TPSA) is 21.3 Å². The van der Waals surface area contributed by atoms with Gasteiger partial charge in [0.15, 0.2) is 0 Å². The molecule has 1 N–H and O–H groups in total. The molecule has 0 bridgehead atoms. The molecule has 4 heteroatoms. The Hall–Kier alpha value is -0.590. The van der Waals surface area contributed by atoms with Crippen molar-refractivity contribution in [1.29, 1.82) is 0 Å². The van der Waals surface area contributed by atoms with Gasteiger partial charge in [-0.2, -0.15) is 0 Å². The van der Waals surface area contributed by atoms with Crippen molar-refractivity contribution < 1.29 is 4.74 Å². The van der Waals surface area contributed by atoms with Crippen LogP contribution in [0.15, 0.2) is 46.9 Å². The molecule has 2 nitrogen and oxygen atoms in total. The van der Waals surface area contributed by atoms with Gasteiger partial charge in [0.25, 0.3) is 0 Å². The van der Waals surface area contributed by atoms with E-state index in [4.69, 9.17) is 4.74 Å². The van der Waals surface area contributed by atoms with Crippen molar-refractivity contribution in [2.45, 2.75) is 32.9 Å². The van der Waals surface area contributed by atoms with Gasteiger partial charge < -0.3 is 10.1 Å².